The number of hydrogen-bond donors (Lipinski definition) is 1. The minimum absolute atomic E-state index is 0.0233. The Kier molecular flexibility index (Phi) is 5.03. The van der Waals surface area contributed by atoms with Gasteiger partial charge in [0.05, 0.1) is 15.7 Å². The zero-order valence-corrected chi connectivity index (χ0v) is 14.3. The van der Waals surface area contributed by atoms with Gasteiger partial charge in [-0.05, 0) is 43.9 Å². The standard InChI is InChI=1S/C15H16ClF3N2OS/c1-14(2,3)23(22)21-13(15(17,18)19)9-4-5-10-8-20-12(16)7-11(10)6-9/h4-8,13,21H,1-3H3/t13-,23-/m0/s1. The van der Waals surface area contributed by atoms with Crippen LogP contribution in [0.3, 0.4) is 0 Å². The largest absolute Gasteiger partial charge is 0.408 e. The van der Waals surface area contributed by atoms with Gasteiger partial charge in [-0.3, -0.25) is 0 Å². The van der Waals surface area contributed by atoms with Gasteiger partial charge in [0.2, 0.25) is 0 Å². The summed E-state index contributed by atoms with van der Waals surface area (Å²) in [7, 11) is -1.86. The van der Waals surface area contributed by atoms with Crippen LogP contribution in [0.15, 0.2) is 30.5 Å². The number of hydrogen-bond acceptors (Lipinski definition) is 2. The van der Waals surface area contributed by atoms with Crippen LogP contribution in [0.2, 0.25) is 5.15 Å². The van der Waals surface area contributed by atoms with E-state index in [-0.39, 0.29) is 10.7 Å². The molecule has 126 valence electrons. The summed E-state index contributed by atoms with van der Waals surface area (Å²) in [6, 6.07) is 3.73. The van der Waals surface area contributed by atoms with E-state index >= 15 is 0 Å². The molecule has 1 aromatic heterocycles. The van der Waals surface area contributed by atoms with E-state index in [1.807, 2.05) is 0 Å². The first-order valence-electron chi connectivity index (χ1n) is 6.78. The average molecular weight is 365 g/mol. The lowest BCUT2D eigenvalue weighted by molar-refractivity contribution is -0.152. The Morgan fingerprint density at radius 2 is 1.83 bits per heavy atom. The van der Waals surface area contributed by atoms with Crippen molar-refractivity contribution in [1.82, 2.24) is 9.71 Å². The Labute approximate surface area is 139 Å². The molecule has 2 aromatic rings. The number of alkyl halides is 3. The van der Waals surface area contributed by atoms with Crippen LogP contribution < -0.4 is 4.72 Å². The molecule has 0 bridgehead atoms. The lowest BCUT2D eigenvalue weighted by Gasteiger charge is -2.26. The van der Waals surface area contributed by atoms with Gasteiger partial charge in [-0.25, -0.2) is 13.9 Å². The number of halogens is 4. The van der Waals surface area contributed by atoms with Crippen LogP contribution in [-0.2, 0) is 11.0 Å². The zero-order valence-electron chi connectivity index (χ0n) is 12.7. The maximum absolute atomic E-state index is 13.4. The number of aromatic nitrogens is 1. The summed E-state index contributed by atoms with van der Waals surface area (Å²) in [4.78, 5) is 3.89. The quantitative estimate of drug-likeness (QED) is 0.812. The van der Waals surface area contributed by atoms with Gasteiger partial charge in [0.1, 0.15) is 11.2 Å². The first-order chi connectivity index (χ1) is 10.5. The number of nitrogens with one attached hydrogen (secondary N) is 1. The predicted octanol–water partition coefficient (Wildman–Crippen LogP) is 4.54. The van der Waals surface area contributed by atoms with Crippen molar-refractivity contribution in [3.8, 4) is 0 Å². The molecule has 3 nitrogen and oxygen atoms in total. The van der Waals surface area contributed by atoms with E-state index in [9.17, 15) is 17.4 Å². The summed E-state index contributed by atoms with van der Waals surface area (Å²) in [5, 5.41) is 1.42. The summed E-state index contributed by atoms with van der Waals surface area (Å²) >= 11 is 5.79. The van der Waals surface area contributed by atoms with E-state index in [1.165, 1.54) is 30.5 Å². The van der Waals surface area contributed by atoms with E-state index in [0.717, 1.165) is 0 Å². The van der Waals surface area contributed by atoms with Crippen LogP contribution in [0, 0.1) is 0 Å². The molecule has 2 atom stereocenters. The minimum Gasteiger partial charge on any atom is -0.244 e. The minimum atomic E-state index is -4.58. The molecular formula is C15H16ClF3N2OS. The summed E-state index contributed by atoms with van der Waals surface area (Å²) in [5.41, 5.74) is -0.0233. The summed E-state index contributed by atoms with van der Waals surface area (Å²) in [6.07, 6.45) is -3.09. The van der Waals surface area contributed by atoms with Gasteiger partial charge in [0, 0.05) is 11.6 Å². The second kappa shape index (κ2) is 6.37. The van der Waals surface area contributed by atoms with Crippen LogP contribution in [0.5, 0.6) is 0 Å². The van der Waals surface area contributed by atoms with Crippen molar-refractivity contribution >= 4 is 33.4 Å². The molecule has 1 aromatic carbocycles. The monoisotopic (exact) mass is 364 g/mol. The highest BCUT2D eigenvalue weighted by molar-refractivity contribution is 7.84. The van der Waals surface area contributed by atoms with Gasteiger partial charge < -0.3 is 0 Å². The van der Waals surface area contributed by atoms with Crippen LogP contribution >= 0.6 is 11.6 Å². The van der Waals surface area contributed by atoms with E-state index in [4.69, 9.17) is 11.6 Å². The number of nitrogens with zero attached hydrogens (tertiary/aromatic N) is 1. The number of pyridine rings is 1. The lowest BCUT2D eigenvalue weighted by atomic mass is 10.0. The molecule has 0 fully saturated rings. The number of fused-ring (bicyclic) bond motifs is 1. The third kappa shape index (κ3) is 4.43. The van der Waals surface area contributed by atoms with Gasteiger partial charge in [0.15, 0.2) is 0 Å². The molecule has 0 aliphatic carbocycles. The van der Waals surface area contributed by atoms with Crippen molar-refractivity contribution in [3.05, 3.63) is 41.2 Å². The molecule has 0 aliphatic rings. The molecule has 0 radical (unpaired) electrons. The summed E-state index contributed by atoms with van der Waals surface area (Å²) in [5.74, 6) is 0. The normalized spacial score (nSPS) is 15.6. The third-order valence-corrected chi connectivity index (χ3v) is 4.92. The molecule has 0 spiro atoms. The summed E-state index contributed by atoms with van der Waals surface area (Å²) < 4.78 is 53.7. The highest BCUT2D eigenvalue weighted by Gasteiger charge is 2.43. The van der Waals surface area contributed by atoms with Crippen molar-refractivity contribution in [2.45, 2.75) is 37.7 Å². The van der Waals surface area contributed by atoms with Gasteiger partial charge in [-0.2, -0.15) is 13.2 Å². The van der Waals surface area contributed by atoms with Crippen molar-refractivity contribution in [3.63, 3.8) is 0 Å². The second-order valence-electron chi connectivity index (χ2n) is 6.09. The van der Waals surface area contributed by atoms with E-state index in [1.54, 1.807) is 20.8 Å². The maximum Gasteiger partial charge on any atom is 0.408 e. The Morgan fingerprint density at radius 1 is 1.17 bits per heavy atom. The molecule has 1 heterocycles. The molecule has 23 heavy (non-hydrogen) atoms. The first kappa shape index (κ1) is 18.2. The topological polar surface area (TPSA) is 42.0 Å². The fraction of sp³-hybridized carbons (Fsp3) is 0.400. The Balaban J connectivity index is 2.45. The molecule has 0 amide bonds. The van der Waals surface area contributed by atoms with Crippen molar-refractivity contribution < 1.29 is 17.4 Å². The van der Waals surface area contributed by atoms with Crippen molar-refractivity contribution in [1.29, 1.82) is 0 Å². The first-order valence-corrected chi connectivity index (χ1v) is 8.31. The molecule has 1 N–H and O–H groups in total. The van der Waals surface area contributed by atoms with Crippen molar-refractivity contribution in [2.75, 3.05) is 0 Å². The molecule has 0 aliphatic heterocycles. The second-order valence-corrected chi connectivity index (χ2v) is 8.47. The fourth-order valence-electron chi connectivity index (χ4n) is 1.92. The van der Waals surface area contributed by atoms with Crippen molar-refractivity contribution in [2.24, 2.45) is 0 Å². The Hall–Kier alpha value is -1.18. The fourth-order valence-corrected chi connectivity index (χ4v) is 2.92. The van der Waals surface area contributed by atoms with Crippen LogP contribution in [-0.4, -0.2) is 20.1 Å². The maximum atomic E-state index is 13.4. The summed E-state index contributed by atoms with van der Waals surface area (Å²) in [6.45, 7) is 4.82. The SMILES string of the molecule is CC(C)(C)[S@](=O)N[C@@H](c1ccc2cnc(Cl)cc2c1)C(F)(F)F. The number of benzene rings is 1. The van der Waals surface area contributed by atoms with Crippen LogP contribution in [0.25, 0.3) is 10.8 Å². The highest BCUT2D eigenvalue weighted by atomic mass is 35.5. The average Bonchev–Trinajstić information content (AvgIpc) is 2.41. The molecule has 8 heteroatoms. The zero-order chi connectivity index (χ0) is 17.4. The van der Waals surface area contributed by atoms with E-state index < -0.39 is 28.0 Å². The lowest BCUT2D eigenvalue weighted by Crippen LogP contribution is -2.41. The Bertz CT molecular complexity index is 744. The van der Waals surface area contributed by atoms with Crippen LogP contribution in [0.4, 0.5) is 13.2 Å². The molecular weight excluding hydrogens is 349 g/mol. The third-order valence-electron chi connectivity index (χ3n) is 3.15. The highest BCUT2D eigenvalue weighted by Crippen LogP contribution is 2.35. The molecule has 0 saturated carbocycles. The van der Waals surface area contributed by atoms with Gasteiger partial charge in [-0.1, -0.05) is 23.7 Å². The van der Waals surface area contributed by atoms with E-state index in [2.05, 4.69) is 9.71 Å². The molecule has 0 saturated heterocycles. The number of rotatable bonds is 3. The molecule has 2 rings (SSSR count). The predicted molar refractivity (Wildman–Crippen MR) is 86.6 cm³/mol. The Morgan fingerprint density at radius 3 is 2.39 bits per heavy atom. The van der Waals surface area contributed by atoms with E-state index in [0.29, 0.717) is 10.8 Å². The van der Waals surface area contributed by atoms with Crippen LogP contribution in [0.1, 0.15) is 32.4 Å². The smallest absolute Gasteiger partial charge is 0.244 e. The van der Waals surface area contributed by atoms with Gasteiger partial charge in [-0.15, -0.1) is 0 Å². The van der Waals surface area contributed by atoms with Gasteiger partial charge >= 0.3 is 6.18 Å². The molecule has 0 unspecified atom stereocenters. The van der Waals surface area contributed by atoms with Gasteiger partial charge in [0.25, 0.3) is 0 Å².